The van der Waals surface area contributed by atoms with Crippen LogP contribution < -0.4 is 11.5 Å². The van der Waals surface area contributed by atoms with Gasteiger partial charge in [-0.1, -0.05) is 0 Å². The van der Waals surface area contributed by atoms with Gasteiger partial charge in [0.2, 0.25) is 5.24 Å². The number of hydrogen-bond acceptors (Lipinski definition) is 3. The van der Waals surface area contributed by atoms with Gasteiger partial charge in [-0.3, -0.25) is 4.79 Å². The van der Waals surface area contributed by atoms with Crippen molar-refractivity contribution in [2.75, 3.05) is 11.5 Å². The quantitative estimate of drug-likeness (QED) is 0.429. The number of nitrogens with two attached hydrogens (primary N) is 2. The van der Waals surface area contributed by atoms with Gasteiger partial charge in [0.05, 0.1) is 0 Å². The molecule has 13 heavy (non-hydrogen) atoms. The van der Waals surface area contributed by atoms with Crippen LogP contribution in [-0.2, 0) is 4.79 Å². The topological polar surface area (TPSA) is 69.1 Å². The van der Waals surface area contributed by atoms with Gasteiger partial charge in [0, 0.05) is 11.4 Å². The van der Waals surface area contributed by atoms with Gasteiger partial charge in [0.25, 0.3) is 0 Å². The maximum absolute atomic E-state index is 10.4. The molecule has 0 aromatic heterocycles. The predicted octanol–water partition coefficient (Wildman–Crippen LogP) is 1.63. The molecule has 1 aromatic carbocycles. The molecule has 0 atom stereocenters. The number of carbonyl (C=O) groups is 1. The highest BCUT2D eigenvalue weighted by atomic mass is 35.5. The van der Waals surface area contributed by atoms with E-state index in [9.17, 15) is 4.79 Å². The molecule has 1 aromatic rings. The van der Waals surface area contributed by atoms with Crippen molar-refractivity contribution in [3.8, 4) is 0 Å². The fourth-order valence-corrected chi connectivity index (χ4v) is 0.956. The van der Waals surface area contributed by atoms with E-state index < -0.39 is 5.24 Å². The molecule has 3 nitrogen and oxygen atoms in total. The summed E-state index contributed by atoms with van der Waals surface area (Å²) in [4.78, 5) is 10.4. The number of allylic oxidation sites excluding steroid dienone is 1. The number of nitrogen functional groups attached to an aromatic ring is 2. The van der Waals surface area contributed by atoms with Gasteiger partial charge in [-0.05, 0) is 47.5 Å². The molecule has 68 valence electrons. The molecule has 0 aliphatic carbocycles. The van der Waals surface area contributed by atoms with Crippen LogP contribution in [0.25, 0.3) is 6.08 Å². The second-order valence-corrected chi connectivity index (χ2v) is 2.90. The molecule has 1 rings (SSSR count). The summed E-state index contributed by atoms with van der Waals surface area (Å²) in [6.07, 6.45) is 2.76. The summed E-state index contributed by atoms with van der Waals surface area (Å²) in [6.45, 7) is 0. The second kappa shape index (κ2) is 3.96. The van der Waals surface area contributed by atoms with E-state index in [2.05, 4.69) is 0 Å². The lowest BCUT2D eigenvalue weighted by Crippen LogP contribution is -1.92. The van der Waals surface area contributed by atoms with E-state index in [4.69, 9.17) is 23.1 Å². The lowest BCUT2D eigenvalue weighted by molar-refractivity contribution is -0.107. The predicted molar refractivity (Wildman–Crippen MR) is 55.2 cm³/mol. The van der Waals surface area contributed by atoms with Gasteiger partial charge in [-0.2, -0.15) is 0 Å². The summed E-state index contributed by atoms with van der Waals surface area (Å²) in [7, 11) is 0. The number of carbonyl (C=O) groups excluding carboxylic acids is 1. The Bertz CT molecular complexity index is 361. The normalized spacial score (nSPS) is 10.5. The van der Waals surface area contributed by atoms with Crippen molar-refractivity contribution in [2.24, 2.45) is 0 Å². The van der Waals surface area contributed by atoms with Crippen LogP contribution in [0.4, 0.5) is 11.4 Å². The number of halogens is 1. The summed E-state index contributed by atoms with van der Waals surface area (Å²) < 4.78 is 0. The highest BCUT2D eigenvalue weighted by molar-refractivity contribution is 6.66. The summed E-state index contributed by atoms with van der Waals surface area (Å²) in [6, 6.07) is 5.04. The van der Waals surface area contributed by atoms with Crippen molar-refractivity contribution >= 4 is 34.3 Å². The van der Waals surface area contributed by atoms with Crippen LogP contribution in [0.2, 0.25) is 0 Å². The van der Waals surface area contributed by atoms with Crippen LogP contribution in [0.15, 0.2) is 24.3 Å². The lowest BCUT2D eigenvalue weighted by Gasteiger charge is -2.00. The lowest BCUT2D eigenvalue weighted by atomic mass is 10.1. The molecule has 0 saturated heterocycles. The molecule has 0 aliphatic heterocycles. The number of rotatable bonds is 2. The van der Waals surface area contributed by atoms with Gasteiger partial charge in [-0.25, -0.2) is 0 Å². The third-order valence-corrected chi connectivity index (χ3v) is 1.63. The van der Waals surface area contributed by atoms with Crippen molar-refractivity contribution in [3.05, 3.63) is 29.8 Å². The summed E-state index contributed by atoms with van der Waals surface area (Å²) >= 11 is 5.12. The Hall–Kier alpha value is -1.48. The first-order valence-corrected chi connectivity index (χ1v) is 4.00. The van der Waals surface area contributed by atoms with Crippen LogP contribution >= 0.6 is 11.6 Å². The fourth-order valence-electron chi connectivity index (χ4n) is 0.893. The molecule has 0 spiro atoms. The summed E-state index contributed by atoms with van der Waals surface area (Å²) in [5.41, 5.74) is 13.0. The molecule has 4 heteroatoms. The number of benzene rings is 1. The van der Waals surface area contributed by atoms with Crippen LogP contribution in [0, 0.1) is 0 Å². The molecule has 0 unspecified atom stereocenters. The zero-order valence-corrected chi connectivity index (χ0v) is 7.58. The van der Waals surface area contributed by atoms with Crippen molar-refractivity contribution in [1.29, 1.82) is 0 Å². The average molecular weight is 197 g/mol. The van der Waals surface area contributed by atoms with E-state index in [0.717, 1.165) is 0 Å². The van der Waals surface area contributed by atoms with Gasteiger partial charge in [0.1, 0.15) is 0 Å². The fraction of sp³-hybridized carbons (Fsp3) is 0. The Balaban J connectivity index is 3.00. The van der Waals surface area contributed by atoms with Gasteiger partial charge < -0.3 is 11.5 Å². The van der Waals surface area contributed by atoms with Crippen molar-refractivity contribution in [1.82, 2.24) is 0 Å². The summed E-state index contributed by atoms with van der Waals surface area (Å²) in [5.74, 6) is 0. The molecule has 0 fully saturated rings. The molecule has 0 heterocycles. The van der Waals surface area contributed by atoms with Gasteiger partial charge >= 0.3 is 0 Å². The minimum absolute atomic E-state index is 0.540. The molecule has 0 radical (unpaired) electrons. The number of anilines is 2. The Kier molecular flexibility index (Phi) is 2.93. The van der Waals surface area contributed by atoms with Crippen LogP contribution in [0.1, 0.15) is 5.56 Å². The average Bonchev–Trinajstić information content (AvgIpc) is 2.06. The SMILES string of the molecule is Nc1ccc(N)c(C=CC(=O)Cl)c1. The second-order valence-electron chi connectivity index (χ2n) is 2.53. The molecular weight excluding hydrogens is 188 g/mol. The molecule has 0 amide bonds. The third kappa shape index (κ3) is 2.80. The first-order valence-electron chi connectivity index (χ1n) is 3.62. The zero-order chi connectivity index (χ0) is 9.84. The van der Waals surface area contributed by atoms with E-state index in [1.807, 2.05) is 0 Å². The van der Waals surface area contributed by atoms with Crippen LogP contribution in [0.3, 0.4) is 0 Å². The van der Waals surface area contributed by atoms with Gasteiger partial charge in [-0.15, -0.1) is 0 Å². The van der Waals surface area contributed by atoms with Crippen molar-refractivity contribution in [2.45, 2.75) is 0 Å². The highest BCUT2D eigenvalue weighted by Gasteiger charge is 1.95. The van der Waals surface area contributed by atoms with Crippen molar-refractivity contribution in [3.63, 3.8) is 0 Å². The van der Waals surface area contributed by atoms with E-state index in [-0.39, 0.29) is 0 Å². The zero-order valence-electron chi connectivity index (χ0n) is 6.83. The molecule has 4 N–H and O–H groups in total. The highest BCUT2D eigenvalue weighted by Crippen LogP contribution is 2.16. The maximum Gasteiger partial charge on any atom is 0.245 e. The van der Waals surface area contributed by atoms with E-state index >= 15 is 0 Å². The molecular formula is C9H9ClN2O. The van der Waals surface area contributed by atoms with E-state index in [1.54, 1.807) is 18.2 Å². The Labute approximate surface area is 81.0 Å². The minimum Gasteiger partial charge on any atom is -0.399 e. The Morgan fingerprint density at radius 3 is 2.69 bits per heavy atom. The smallest absolute Gasteiger partial charge is 0.245 e. The Morgan fingerprint density at radius 2 is 2.08 bits per heavy atom. The first kappa shape index (κ1) is 9.61. The Morgan fingerprint density at radius 1 is 1.38 bits per heavy atom. The van der Waals surface area contributed by atoms with Crippen molar-refractivity contribution < 1.29 is 4.79 Å². The monoisotopic (exact) mass is 196 g/mol. The van der Waals surface area contributed by atoms with E-state index in [0.29, 0.717) is 16.9 Å². The first-order chi connectivity index (χ1) is 6.09. The standard InChI is InChI=1S/C9H9ClN2O/c10-9(13)4-1-6-5-7(11)2-3-8(6)12/h1-5H,11-12H2. The maximum atomic E-state index is 10.4. The largest absolute Gasteiger partial charge is 0.399 e. The molecule has 0 bridgehead atoms. The molecule has 0 saturated carbocycles. The van der Waals surface area contributed by atoms with E-state index in [1.165, 1.54) is 12.2 Å². The number of hydrogen-bond donors (Lipinski definition) is 2. The summed E-state index contributed by atoms with van der Waals surface area (Å²) in [5, 5.41) is -0.540. The van der Waals surface area contributed by atoms with Gasteiger partial charge in [0.15, 0.2) is 0 Å². The van der Waals surface area contributed by atoms with Crippen LogP contribution in [-0.4, -0.2) is 5.24 Å². The third-order valence-electron chi connectivity index (χ3n) is 1.50. The molecule has 0 aliphatic rings. The van der Waals surface area contributed by atoms with Crippen LogP contribution in [0.5, 0.6) is 0 Å². The minimum atomic E-state index is -0.540.